The molecule has 0 amide bonds. The lowest BCUT2D eigenvalue weighted by Gasteiger charge is -2.14. The number of aliphatic hydroxyl groups excluding tert-OH is 1. The monoisotopic (exact) mass is 271 g/mol. The normalized spacial score (nSPS) is 12.5. The highest BCUT2D eigenvalue weighted by atomic mass is 35.5. The molecular formula is C13H22ClN3O. The van der Waals surface area contributed by atoms with Crippen LogP contribution < -0.4 is 5.32 Å². The van der Waals surface area contributed by atoms with Crippen LogP contribution in [0.25, 0.3) is 0 Å². The van der Waals surface area contributed by atoms with E-state index in [1.807, 2.05) is 6.92 Å². The van der Waals surface area contributed by atoms with E-state index in [2.05, 4.69) is 29.1 Å². The molecule has 102 valence electrons. The molecule has 0 radical (unpaired) electrons. The lowest BCUT2D eigenvalue weighted by atomic mass is 10.1. The van der Waals surface area contributed by atoms with Gasteiger partial charge in [0.2, 0.25) is 0 Å². The molecule has 1 aromatic rings. The van der Waals surface area contributed by atoms with Gasteiger partial charge in [-0.05, 0) is 25.7 Å². The SMILES string of the molecule is CCCc1nc(Cl)c(C)c(NCC(C)CCO)n1. The molecule has 5 heteroatoms. The van der Waals surface area contributed by atoms with Crippen molar-refractivity contribution in [3.63, 3.8) is 0 Å². The number of aryl methyl sites for hydroxylation is 1. The Hall–Kier alpha value is -0.870. The Labute approximate surface area is 114 Å². The molecule has 1 unspecified atom stereocenters. The molecule has 1 rings (SSSR count). The van der Waals surface area contributed by atoms with Gasteiger partial charge in [-0.15, -0.1) is 0 Å². The Balaban J connectivity index is 2.74. The van der Waals surface area contributed by atoms with Crippen LogP contribution in [-0.2, 0) is 6.42 Å². The van der Waals surface area contributed by atoms with Crippen LogP contribution in [0, 0.1) is 12.8 Å². The quantitative estimate of drug-likeness (QED) is 0.749. The van der Waals surface area contributed by atoms with Crippen molar-refractivity contribution in [1.29, 1.82) is 0 Å². The molecule has 0 saturated carbocycles. The van der Waals surface area contributed by atoms with Crippen LogP contribution >= 0.6 is 11.6 Å². The standard InChI is InChI=1S/C13H22ClN3O/c1-4-5-11-16-12(14)10(3)13(17-11)15-8-9(2)6-7-18/h9,18H,4-8H2,1-3H3,(H,15,16,17). The number of anilines is 1. The lowest BCUT2D eigenvalue weighted by molar-refractivity contribution is 0.266. The van der Waals surface area contributed by atoms with Gasteiger partial charge in [-0.25, -0.2) is 9.97 Å². The Morgan fingerprint density at radius 1 is 1.39 bits per heavy atom. The fourth-order valence-electron chi connectivity index (χ4n) is 1.63. The largest absolute Gasteiger partial charge is 0.396 e. The van der Waals surface area contributed by atoms with E-state index >= 15 is 0 Å². The first-order valence-electron chi connectivity index (χ1n) is 6.46. The van der Waals surface area contributed by atoms with E-state index in [-0.39, 0.29) is 6.61 Å². The smallest absolute Gasteiger partial charge is 0.137 e. The van der Waals surface area contributed by atoms with Gasteiger partial charge in [0.05, 0.1) is 0 Å². The van der Waals surface area contributed by atoms with Crippen LogP contribution in [0.15, 0.2) is 0 Å². The average Bonchev–Trinajstić information content (AvgIpc) is 2.32. The lowest BCUT2D eigenvalue weighted by Crippen LogP contribution is -2.15. The Morgan fingerprint density at radius 3 is 2.72 bits per heavy atom. The number of halogens is 1. The Morgan fingerprint density at radius 2 is 2.11 bits per heavy atom. The molecule has 0 aliphatic rings. The van der Waals surface area contributed by atoms with E-state index in [1.165, 1.54) is 0 Å². The van der Waals surface area contributed by atoms with Gasteiger partial charge in [0, 0.05) is 25.1 Å². The second-order valence-electron chi connectivity index (χ2n) is 4.65. The number of aliphatic hydroxyl groups is 1. The third kappa shape index (κ3) is 4.42. The van der Waals surface area contributed by atoms with Crippen molar-refractivity contribution in [2.45, 2.75) is 40.0 Å². The van der Waals surface area contributed by atoms with E-state index in [1.54, 1.807) is 0 Å². The van der Waals surface area contributed by atoms with Crippen molar-refractivity contribution < 1.29 is 5.11 Å². The molecular weight excluding hydrogens is 250 g/mol. The first-order valence-corrected chi connectivity index (χ1v) is 6.84. The van der Waals surface area contributed by atoms with Crippen molar-refractivity contribution >= 4 is 17.4 Å². The maximum absolute atomic E-state index is 8.87. The van der Waals surface area contributed by atoms with Gasteiger partial charge in [0.15, 0.2) is 0 Å². The third-order valence-electron chi connectivity index (χ3n) is 2.85. The number of hydrogen-bond donors (Lipinski definition) is 2. The van der Waals surface area contributed by atoms with Crippen LogP contribution in [0.3, 0.4) is 0 Å². The van der Waals surface area contributed by atoms with Gasteiger partial charge in [-0.1, -0.05) is 25.4 Å². The van der Waals surface area contributed by atoms with Crippen molar-refractivity contribution in [3.8, 4) is 0 Å². The average molecular weight is 272 g/mol. The third-order valence-corrected chi connectivity index (χ3v) is 3.21. The molecule has 1 atom stereocenters. The van der Waals surface area contributed by atoms with Crippen LogP contribution in [0.5, 0.6) is 0 Å². The number of nitrogens with one attached hydrogen (secondary N) is 1. The summed E-state index contributed by atoms with van der Waals surface area (Å²) in [7, 11) is 0. The van der Waals surface area contributed by atoms with Crippen molar-refractivity contribution in [2.24, 2.45) is 5.92 Å². The fourth-order valence-corrected chi connectivity index (χ4v) is 1.82. The van der Waals surface area contributed by atoms with Gasteiger partial charge in [-0.3, -0.25) is 0 Å². The summed E-state index contributed by atoms with van der Waals surface area (Å²) in [5.41, 5.74) is 0.882. The minimum absolute atomic E-state index is 0.216. The predicted octanol–water partition coefficient (Wildman–Crippen LogP) is 2.82. The maximum Gasteiger partial charge on any atom is 0.137 e. The topological polar surface area (TPSA) is 58.0 Å². The summed E-state index contributed by atoms with van der Waals surface area (Å²) in [4.78, 5) is 8.75. The molecule has 2 N–H and O–H groups in total. The summed E-state index contributed by atoms with van der Waals surface area (Å²) in [6.07, 6.45) is 2.62. The molecule has 18 heavy (non-hydrogen) atoms. The molecule has 0 bridgehead atoms. The van der Waals surface area contributed by atoms with Crippen LogP contribution in [0.2, 0.25) is 5.15 Å². The first-order chi connectivity index (χ1) is 8.58. The second kappa shape index (κ2) is 7.54. The number of rotatable bonds is 7. The number of hydrogen-bond acceptors (Lipinski definition) is 4. The van der Waals surface area contributed by atoms with E-state index in [4.69, 9.17) is 16.7 Å². The zero-order chi connectivity index (χ0) is 13.5. The van der Waals surface area contributed by atoms with E-state index < -0.39 is 0 Å². The van der Waals surface area contributed by atoms with Crippen molar-refractivity contribution in [2.75, 3.05) is 18.5 Å². The van der Waals surface area contributed by atoms with Crippen molar-refractivity contribution in [1.82, 2.24) is 9.97 Å². The highest BCUT2D eigenvalue weighted by Gasteiger charge is 2.10. The summed E-state index contributed by atoms with van der Waals surface area (Å²) in [6.45, 7) is 7.09. The van der Waals surface area contributed by atoms with E-state index in [9.17, 15) is 0 Å². The molecule has 0 saturated heterocycles. The number of nitrogens with zero attached hydrogens (tertiary/aromatic N) is 2. The van der Waals surface area contributed by atoms with Gasteiger partial charge in [0.1, 0.15) is 16.8 Å². The second-order valence-corrected chi connectivity index (χ2v) is 5.01. The molecule has 0 aliphatic carbocycles. The maximum atomic E-state index is 8.87. The molecule has 4 nitrogen and oxygen atoms in total. The molecule has 0 aliphatic heterocycles. The van der Waals surface area contributed by atoms with Gasteiger partial charge in [0.25, 0.3) is 0 Å². The van der Waals surface area contributed by atoms with Gasteiger partial charge in [-0.2, -0.15) is 0 Å². The van der Waals surface area contributed by atoms with Crippen LogP contribution in [0.1, 0.15) is 38.1 Å². The summed E-state index contributed by atoms with van der Waals surface area (Å²) in [6, 6.07) is 0. The van der Waals surface area contributed by atoms with Crippen LogP contribution in [0.4, 0.5) is 5.82 Å². The Bertz CT molecular complexity index is 385. The van der Waals surface area contributed by atoms with Gasteiger partial charge < -0.3 is 10.4 Å². The first kappa shape index (κ1) is 15.2. The van der Waals surface area contributed by atoms with Crippen LogP contribution in [-0.4, -0.2) is 28.2 Å². The summed E-state index contributed by atoms with van der Waals surface area (Å²) in [5.74, 6) is 1.99. The fraction of sp³-hybridized carbons (Fsp3) is 0.692. The van der Waals surface area contributed by atoms with Gasteiger partial charge >= 0.3 is 0 Å². The van der Waals surface area contributed by atoms with Crippen molar-refractivity contribution in [3.05, 3.63) is 16.5 Å². The van der Waals surface area contributed by atoms with E-state index in [0.717, 1.165) is 43.0 Å². The zero-order valence-electron chi connectivity index (χ0n) is 11.3. The number of aromatic nitrogens is 2. The predicted molar refractivity (Wildman–Crippen MR) is 75.1 cm³/mol. The minimum Gasteiger partial charge on any atom is -0.396 e. The summed E-state index contributed by atoms with van der Waals surface area (Å²) in [5, 5.41) is 12.7. The molecule has 1 heterocycles. The Kier molecular flexibility index (Phi) is 6.36. The highest BCUT2D eigenvalue weighted by molar-refractivity contribution is 6.30. The van der Waals surface area contributed by atoms with E-state index in [0.29, 0.717) is 11.1 Å². The molecule has 1 aromatic heterocycles. The molecule has 0 spiro atoms. The summed E-state index contributed by atoms with van der Waals surface area (Å²) >= 11 is 6.10. The summed E-state index contributed by atoms with van der Waals surface area (Å²) < 4.78 is 0. The molecule has 0 fully saturated rings. The highest BCUT2D eigenvalue weighted by Crippen LogP contribution is 2.20. The minimum atomic E-state index is 0.216. The zero-order valence-corrected chi connectivity index (χ0v) is 12.1. The molecule has 0 aromatic carbocycles.